The second-order valence-corrected chi connectivity index (χ2v) is 13.1. The number of hydrogen-bond acceptors (Lipinski definition) is 5. The molecule has 44 heavy (non-hydrogen) atoms. The topological polar surface area (TPSA) is 36.9 Å². The monoisotopic (exact) mass is 630 g/mol. The molecule has 0 aromatic heterocycles. The largest absolute Gasteiger partial charge is 0.496 e. The number of hydrogen-bond donors (Lipinski definition) is 0. The van der Waals surface area contributed by atoms with Gasteiger partial charge in [0.25, 0.3) is 0 Å². The van der Waals surface area contributed by atoms with Crippen molar-refractivity contribution in [1.82, 2.24) is 0 Å². The Labute approximate surface area is 272 Å². The van der Waals surface area contributed by atoms with Gasteiger partial charge in [-0.15, -0.1) is 11.8 Å². The minimum absolute atomic E-state index is 0.00747. The average Bonchev–Trinajstić information content (AvgIpc) is 3.06. The number of halogens is 1. The van der Waals surface area contributed by atoms with Crippen molar-refractivity contribution in [2.45, 2.75) is 69.5 Å². The molecule has 0 amide bonds. The minimum Gasteiger partial charge on any atom is -0.496 e. The molecule has 4 nitrogen and oxygen atoms in total. The van der Waals surface area contributed by atoms with E-state index in [9.17, 15) is 0 Å². The lowest BCUT2D eigenvalue weighted by atomic mass is 9.88. The lowest BCUT2D eigenvalue weighted by Gasteiger charge is -2.45. The fourth-order valence-electron chi connectivity index (χ4n) is 6.00. The Balaban J connectivity index is 1.50. The summed E-state index contributed by atoms with van der Waals surface area (Å²) in [6.45, 7) is 8.26. The Morgan fingerprint density at radius 1 is 0.750 bits per heavy atom. The fraction of sp³-hybridized carbons (Fsp3) is 0.368. The van der Waals surface area contributed by atoms with Crippen LogP contribution in [0.25, 0.3) is 0 Å². The van der Waals surface area contributed by atoms with Gasteiger partial charge in [-0.2, -0.15) is 0 Å². The summed E-state index contributed by atoms with van der Waals surface area (Å²) in [4.78, 5) is 0. The highest BCUT2D eigenvalue weighted by Crippen LogP contribution is 2.52. The third-order valence-corrected chi connectivity index (χ3v) is 10.6. The van der Waals surface area contributed by atoms with E-state index in [2.05, 4.69) is 80.6 Å². The highest BCUT2D eigenvalue weighted by molar-refractivity contribution is 8.00. The molecule has 4 aromatic rings. The maximum Gasteiger partial charge on any atom is 0.124 e. The third-order valence-electron chi connectivity index (χ3n) is 8.36. The van der Waals surface area contributed by atoms with Gasteiger partial charge in [0.05, 0.1) is 38.3 Å². The molecule has 5 atom stereocenters. The van der Waals surface area contributed by atoms with Gasteiger partial charge in [-0.25, -0.2) is 0 Å². The van der Waals surface area contributed by atoms with Crippen LogP contribution in [0.15, 0.2) is 97.1 Å². The van der Waals surface area contributed by atoms with E-state index in [0.29, 0.717) is 42.4 Å². The number of rotatable bonds is 13. The summed E-state index contributed by atoms with van der Waals surface area (Å²) < 4.78 is 25.3. The molecule has 1 heterocycles. The van der Waals surface area contributed by atoms with Crippen LogP contribution in [0.1, 0.15) is 60.3 Å². The van der Waals surface area contributed by atoms with Crippen molar-refractivity contribution in [2.75, 3.05) is 13.7 Å². The molecule has 0 spiro atoms. The highest BCUT2D eigenvalue weighted by Gasteiger charge is 2.46. The maximum absolute atomic E-state index is 6.89. The zero-order chi connectivity index (χ0) is 30.9. The molecular weight excluding hydrogens is 588 g/mol. The molecule has 6 heteroatoms. The van der Waals surface area contributed by atoms with Crippen LogP contribution < -0.4 is 9.47 Å². The molecule has 4 aromatic carbocycles. The Bertz CT molecular complexity index is 1450. The highest BCUT2D eigenvalue weighted by atomic mass is 35.5. The van der Waals surface area contributed by atoms with Gasteiger partial charge in [-0.05, 0) is 72.2 Å². The van der Waals surface area contributed by atoms with Gasteiger partial charge in [0, 0.05) is 15.8 Å². The first kappa shape index (κ1) is 32.4. The van der Waals surface area contributed by atoms with Crippen molar-refractivity contribution in [3.05, 3.63) is 130 Å². The summed E-state index contributed by atoms with van der Waals surface area (Å²) in [5.74, 6) is 1.95. The van der Waals surface area contributed by atoms with Gasteiger partial charge < -0.3 is 18.9 Å². The van der Waals surface area contributed by atoms with E-state index in [1.54, 1.807) is 7.11 Å². The van der Waals surface area contributed by atoms with E-state index in [1.807, 2.05) is 49.0 Å². The molecule has 0 unspecified atom stereocenters. The molecule has 0 aliphatic carbocycles. The van der Waals surface area contributed by atoms with Crippen molar-refractivity contribution in [1.29, 1.82) is 0 Å². The lowest BCUT2D eigenvalue weighted by molar-refractivity contribution is -0.112. The van der Waals surface area contributed by atoms with Crippen LogP contribution >= 0.6 is 23.4 Å². The summed E-state index contributed by atoms with van der Waals surface area (Å²) in [6.07, 6.45) is 1.44. The van der Waals surface area contributed by atoms with Crippen LogP contribution in [0.3, 0.4) is 0 Å². The second-order valence-electron chi connectivity index (χ2n) is 11.3. The molecule has 1 aliphatic rings. The predicted octanol–water partition coefficient (Wildman–Crippen LogP) is 9.71. The van der Waals surface area contributed by atoms with E-state index < -0.39 is 0 Å². The van der Waals surface area contributed by atoms with E-state index >= 15 is 0 Å². The molecule has 0 saturated carbocycles. The lowest BCUT2D eigenvalue weighted by Crippen LogP contribution is -2.48. The van der Waals surface area contributed by atoms with Crippen molar-refractivity contribution < 1.29 is 18.9 Å². The molecule has 0 bridgehead atoms. The number of methoxy groups -OCH3 is 1. The molecule has 1 saturated heterocycles. The summed E-state index contributed by atoms with van der Waals surface area (Å²) >= 11 is 8.86. The van der Waals surface area contributed by atoms with Crippen LogP contribution in [0.5, 0.6) is 11.5 Å². The Kier molecular flexibility index (Phi) is 11.7. The molecule has 1 aliphatic heterocycles. The van der Waals surface area contributed by atoms with Crippen LogP contribution in [0.4, 0.5) is 0 Å². The maximum atomic E-state index is 6.89. The predicted molar refractivity (Wildman–Crippen MR) is 182 cm³/mol. The van der Waals surface area contributed by atoms with Crippen molar-refractivity contribution in [3.8, 4) is 11.5 Å². The molecule has 0 radical (unpaired) electrons. The first-order valence-corrected chi connectivity index (χ1v) is 16.9. The Morgan fingerprint density at radius 3 is 1.93 bits per heavy atom. The summed E-state index contributed by atoms with van der Waals surface area (Å²) in [7, 11) is 1.72. The normalized spacial score (nSPS) is 21.6. The van der Waals surface area contributed by atoms with Gasteiger partial charge in [0.15, 0.2) is 0 Å². The third kappa shape index (κ3) is 8.00. The van der Waals surface area contributed by atoms with Gasteiger partial charge >= 0.3 is 0 Å². The van der Waals surface area contributed by atoms with Crippen LogP contribution in [-0.2, 0) is 29.1 Å². The number of ether oxygens (including phenoxy) is 4. The van der Waals surface area contributed by atoms with Crippen molar-refractivity contribution in [2.24, 2.45) is 5.92 Å². The van der Waals surface area contributed by atoms with Crippen molar-refractivity contribution in [3.63, 3.8) is 0 Å². The summed E-state index contributed by atoms with van der Waals surface area (Å²) in [5, 5.41) is 1.08. The van der Waals surface area contributed by atoms with E-state index in [0.717, 1.165) is 40.2 Å². The molecule has 232 valence electrons. The summed E-state index contributed by atoms with van der Waals surface area (Å²) in [6, 6.07) is 33.2. The zero-order valence-corrected chi connectivity index (χ0v) is 27.7. The molecule has 0 N–H and O–H groups in total. The van der Waals surface area contributed by atoms with E-state index in [4.69, 9.17) is 30.5 Å². The van der Waals surface area contributed by atoms with Crippen LogP contribution in [0, 0.1) is 5.92 Å². The Hall–Kier alpha value is -2.96. The zero-order valence-electron chi connectivity index (χ0n) is 26.1. The smallest absolute Gasteiger partial charge is 0.124 e. The number of benzene rings is 4. The SMILES string of the molecule is CCOc1ccc(Cc2cc([C@@H]3S[C@H](CC)[C@@H](C)[C@H](OCc4ccccc4)[C@H]3OCc3ccccc3)c(OC)cc2Cl)cc1. The van der Waals surface area contributed by atoms with E-state index in [-0.39, 0.29) is 17.5 Å². The van der Waals surface area contributed by atoms with Gasteiger partial charge in [-0.1, -0.05) is 98.2 Å². The van der Waals surface area contributed by atoms with Crippen LogP contribution in [-0.4, -0.2) is 31.2 Å². The second kappa shape index (κ2) is 15.9. The van der Waals surface area contributed by atoms with Gasteiger partial charge in [-0.3, -0.25) is 0 Å². The molecule has 5 rings (SSSR count). The van der Waals surface area contributed by atoms with Crippen LogP contribution in [0.2, 0.25) is 5.02 Å². The first-order valence-electron chi connectivity index (χ1n) is 15.5. The quantitative estimate of drug-likeness (QED) is 0.147. The first-order chi connectivity index (χ1) is 21.5. The van der Waals surface area contributed by atoms with E-state index in [1.165, 1.54) is 5.56 Å². The molecular formula is C38H43ClO4S. The van der Waals surface area contributed by atoms with Crippen molar-refractivity contribution >= 4 is 23.4 Å². The summed E-state index contributed by atoms with van der Waals surface area (Å²) in [5.41, 5.74) is 5.62. The van der Waals surface area contributed by atoms with Gasteiger partial charge in [0.2, 0.25) is 0 Å². The minimum atomic E-state index is -0.199. The average molecular weight is 631 g/mol. The Morgan fingerprint density at radius 2 is 1.36 bits per heavy atom. The fourth-order valence-corrected chi connectivity index (χ4v) is 7.91. The van der Waals surface area contributed by atoms with Gasteiger partial charge in [0.1, 0.15) is 17.6 Å². The standard InChI is InChI=1S/C38H43ClO4S/c1-5-35-26(3)36(42-24-28-13-9-7-10-14-28)37(43-25-29-15-11-8-12-16-29)38(44-35)32-22-30(33(39)23-34(32)40-4)21-27-17-19-31(20-18-27)41-6-2/h7-20,22-23,26,35-38H,5-6,21,24-25H2,1-4H3/t26-,35-,36+,37-,38+/m1/s1. The molecule has 1 fully saturated rings. The number of thioether (sulfide) groups is 1.